The highest BCUT2D eigenvalue weighted by atomic mass is 16.6. The number of aryl methyl sites for hydroxylation is 1. The van der Waals surface area contributed by atoms with Gasteiger partial charge in [0.2, 0.25) is 0 Å². The Morgan fingerprint density at radius 3 is 2.61 bits per heavy atom. The van der Waals surface area contributed by atoms with Crippen molar-refractivity contribution in [2.75, 3.05) is 19.7 Å². The zero-order valence-corrected chi connectivity index (χ0v) is 18.8. The third-order valence-electron chi connectivity index (χ3n) is 5.34. The van der Waals surface area contributed by atoms with Crippen molar-refractivity contribution in [2.45, 2.75) is 64.3 Å². The molecule has 1 saturated heterocycles. The lowest BCUT2D eigenvalue weighted by molar-refractivity contribution is -0.00154. The lowest BCUT2D eigenvalue weighted by Gasteiger charge is -2.36. The molecule has 3 rings (SSSR count). The van der Waals surface area contributed by atoms with Crippen molar-refractivity contribution in [1.82, 2.24) is 9.88 Å². The Labute approximate surface area is 185 Å². The molecule has 0 spiro atoms. The fraction of sp³-hybridized carbons (Fsp3) is 0.520. The summed E-state index contributed by atoms with van der Waals surface area (Å²) in [6, 6.07) is 14.2. The number of rotatable bonds is 7. The van der Waals surface area contributed by atoms with Gasteiger partial charge in [-0.3, -0.25) is 4.98 Å². The Bertz CT molecular complexity index is 818. The molecule has 1 fully saturated rings. The second-order valence-corrected chi connectivity index (χ2v) is 9.11. The standard InChI is InChI=1S/C25H34N2O4/c1-25(2,3)31-24(29)27-14-13-22(23(28)17-27)20-11-12-21(26-16-20)10-7-15-30-18-19-8-5-4-6-9-19/h4-6,8-9,11-12,16,22-23,28H,7,10,13-15,17-18H2,1-3H3. The van der Waals surface area contributed by atoms with E-state index in [1.807, 2.05) is 57.3 Å². The Balaban J connectivity index is 1.42. The molecule has 2 heterocycles. The maximum Gasteiger partial charge on any atom is 0.410 e. The molecule has 0 saturated carbocycles. The van der Waals surface area contributed by atoms with E-state index in [9.17, 15) is 9.90 Å². The van der Waals surface area contributed by atoms with E-state index in [2.05, 4.69) is 17.1 Å². The smallest absolute Gasteiger partial charge is 0.410 e. The predicted molar refractivity (Wildman–Crippen MR) is 120 cm³/mol. The van der Waals surface area contributed by atoms with Gasteiger partial charge in [-0.2, -0.15) is 0 Å². The number of aliphatic hydroxyl groups excluding tert-OH is 1. The zero-order chi connectivity index (χ0) is 22.3. The van der Waals surface area contributed by atoms with Gasteiger partial charge in [-0.25, -0.2) is 4.79 Å². The molecule has 2 atom stereocenters. The summed E-state index contributed by atoms with van der Waals surface area (Å²) in [4.78, 5) is 18.4. The molecule has 0 aliphatic carbocycles. The third-order valence-corrected chi connectivity index (χ3v) is 5.34. The number of ether oxygens (including phenoxy) is 2. The maximum atomic E-state index is 12.2. The molecule has 0 bridgehead atoms. The van der Waals surface area contributed by atoms with Gasteiger partial charge >= 0.3 is 6.09 Å². The second-order valence-electron chi connectivity index (χ2n) is 9.11. The first-order chi connectivity index (χ1) is 14.8. The Hall–Kier alpha value is -2.44. The Kier molecular flexibility index (Phi) is 8.04. The number of amides is 1. The van der Waals surface area contributed by atoms with Crippen LogP contribution in [0.25, 0.3) is 0 Å². The first kappa shape index (κ1) is 23.2. The van der Waals surface area contributed by atoms with Gasteiger partial charge in [0, 0.05) is 31.0 Å². The summed E-state index contributed by atoms with van der Waals surface area (Å²) in [5.41, 5.74) is 2.68. The molecule has 6 heteroatoms. The molecule has 168 valence electrons. The van der Waals surface area contributed by atoms with E-state index in [-0.39, 0.29) is 18.6 Å². The maximum absolute atomic E-state index is 12.2. The molecule has 1 aliphatic rings. The Morgan fingerprint density at radius 2 is 1.97 bits per heavy atom. The highest BCUT2D eigenvalue weighted by Crippen LogP contribution is 2.29. The molecule has 1 N–H and O–H groups in total. The number of hydrogen-bond acceptors (Lipinski definition) is 5. The average molecular weight is 427 g/mol. The van der Waals surface area contributed by atoms with Gasteiger partial charge in [0.1, 0.15) is 5.60 Å². The number of aliphatic hydroxyl groups is 1. The van der Waals surface area contributed by atoms with Crippen LogP contribution in [0, 0.1) is 0 Å². The highest BCUT2D eigenvalue weighted by Gasteiger charge is 2.33. The largest absolute Gasteiger partial charge is 0.444 e. The third kappa shape index (κ3) is 7.33. The quantitative estimate of drug-likeness (QED) is 0.668. The first-order valence-corrected chi connectivity index (χ1v) is 11.0. The van der Waals surface area contributed by atoms with Crippen molar-refractivity contribution in [1.29, 1.82) is 0 Å². The molecule has 2 aromatic rings. The van der Waals surface area contributed by atoms with Crippen LogP contribution in [-0.4, -0.2) is 52.5 Å². The summed E-state index contributed by atoms with van der Waals surface area (Å²) in [6.45, 7) is 7.70. The van der Waals surface area contributed by atoms with E-state index in [4.69, 9.17) is 9.47 Å². The second kappa shape index (κ2) is 10.7. The molecular formula is C25H34N2O4. The number of aromatic nitrogens is 1. The minimum absolute atomic E-state index is 0.0190. The van der Waals surface area contributed by atoms with Crippen LogP contribution in [0.2, 0.25) is 0 Å². The minimum Gasteiger partial charge on any atom is -0.444 e. The fourth-order valence-corrected chi connectivity index (χ4v) is 3.74. The van der Waals surface area contributed by atoms with Crippen LogP contribution in [0.1, 0.15) is 56.4 Å². The molecule has 1 amide bonds. The Morgan fingerprint density at radius 1 is 1.19 bits per heavy atom. The summed E-state index contributed by atoms with van der Waals surface area (Å²) in [7, 11) is 0. The van der Waals surface area contributed by atoms with Crippen molar-refractivity contribution in [3.8, 4) is 0 Å². The highest BCUT2D eigenvalue weighted by molar-refractivity contribution is 5.68. The van der Waals surface area contributed by atoms with E-state index < -0.39 is 11.7 Å². The number of pyridine rings is 1. The topological polar surface area (TPSA) is 71.9 Å². The van der Waals surface area contributed by atoms with Crippen molar-refractivity contribution >= 4 is 6.09 Å². The van der Waals surface area contributed by atoms with Crippen molar-refractivity contribution in [3.63, 3.8) is 0 Å². The number of likely N-dealkylation sites (tertiary alicyclic amines) is 1. The van der Waals surface area contributed by atoms with Crippen molar-refractivity contribution in [3.05, 3.63) is 65.5 Å². The van der Waals surface area contributed by atoms with Crippen molar-refractivity contribution in [2.24, 2.45) is 0 Å². The number of piperidine rings is 1. The van der Waals surface area contributed by atoms with Gasteiger partial charge in [0.05, 0.1) is 19.3 Å². The number of carbonyl (C=O) groups excluding carboxylic acids is 1. The van der Waals surface area contributed by atoms with E-state index >= 15 is 0 Å². The van der Waals surface area contributed by atoms with Crippen LogP contribution in [0.4, 0.5) is 4.79 Å². The van der Waals surface area contributed by atoms with Gasteiger partial charge in [-0.15, -0.1) is 0 Å². The van der Waals surface area contributed by atoms with Gasteiger partial charge in [-0.1, -0.05) is 36.4 Å². The first-order valence-electron chi connectivity index (χ1n) is 11.0. The van der Waals surface area contributed by atoms with Crippen LogP contribution < -0.4 is 0 Å². The van der Waals surface area contributed by atoms with Crippen molar-refractivity contribution < 1.29 is 19.4 Å². The number of nitrogens with zero attached hydrogens (tertiary/aromatic N) is 2. The van der Waals surface area contributed by atoms with E-state index in [1.54, 1.807) is 4.90 Å². The molecule has 31 heavy (non-hydrogen) atoms. The molecule has 0 radical (unpaired) electrons. The van der Waals surface area contributed by atoms with E-state index in [0.717, 1.165) is 24.1 Å². The molecule has 1 aromatic heterocycles. The van der Waals surface area contributed by atoms with Crippen LogP contribution in [-0.2, 0) is 22.5 Å². The van der Waals surface area contributed by atoms with Gasteiger partial charge in [0.15, 0.2) is 0 Å². The number of β-amino-alcohol motifs (C(OH)–C–C–N with tert-alkyl or cyclic N) is 1. The molecule has 1 aliphatic heterocycles. The predicted octanol–water partition coefficient (Wildman–Crippen LogP) is 4.32. The summed E-state index contributed by atoms with van der Waals surface area (Å²) < 4.78 is 11.1. The number of hydrogen-bond donors (Lipinski definition) is 1. The summed E-state index contributed by atoms with van der Waals surface area (Å²) in [5, 5.41) is 10.6. The van der Waals surface area contributed by atoms with Crippen LogP contribution in [0.5, 0.6) is 0 Å². The SMILES string of the molecule is CC(C)(C)OC(=O)N1CCC(c2ccc(CCCOCc3ccccc3)nc2)C(O)C1. The summed E-state index contributed by atoms with van der Waals surface area (Å²) in [5.74, 6) is -0.0190. The molecule has 6 nitrogen and oxygen atoms in total. The van der Waals surface area contributed by atoms with Gasteiger partial charge in [0.25, 0.3) is 0 Å². The lowest BCUT2D eigenvalue weighted by Crippen LogP contribution is -2.47. The molecule has 1 aromatic carbocycles. The number of carbonyl (C=O) groups is 1. The fourth-order valence-electron chi connectivity index (χ4n) is 3.74. The lowest BCUT2D eigenvalue weighted by atomic mass is 9.88. The number of benzene rings is 1. The van der Waals surface area contributed by atoms with E-state index in [0.29, 0.717) is 26.2 Å². The van der Waals surface area contributed by atoms with Gasteiger partial charge < -0.3 is 19.5 Å². The molecular weight excluding hydrogens is 392 g/mol. The summed E-state index contributed by atoms with van der Waals surface area (Å²) in [6.07, 6.45) is 3.32. The van der Waals surface area contributed by atoms with Gasteiger partial charge in [-0.05, 0) is 57.2 Å². The van der Waals surface area contributed by atoms with Crippen LogP contribution in [0.3, 0.4) is 0 Å². The van der Waals surface area contributed by atoms with E-state index in [1.165, 1.54) is 5.56 Å². The molecule has 2 unspecified atom stereocenters. The van der Waals surface area contributed by atoms with Crippen LogP contribution >= 0.6 is 0 Å². The minimum atomic E-state index is -0.625. The van der Waals surface area contributed by atoms with Crippen LogP contribution in [0.15, 0.2) is 48.7 Å². The monoisotopic (exact) mass is 426 g/mol. The zero-order valence-electron chi connectivity index (χ0n) is 18.8. The summed E-state index contributed by atoms with van der Waals surface area (Å²) >= 11 is 0. The normalized spacial score (nSPS) is 19.3. The average Bonchev–Trinajstić information content (AvgIpc) is 2.73.